The number of hydrogen-bond donors (Lipinski definition) is 1. The van der Waals surface area contributed by atoms with Crippen molar-refractivity contribution >= 4 is 39.7 Å². The van der Waals surface area contributed by atoms with Crippen molar-refractivity contribution < 1.29 is 28.2 Å². The number of pyridine rings is 1. The second-order valence-electron chi connectivity index (χ2n) is 17.8. The van der Waals surface area contributed by atoms with Gasteiger partial charge in [-0.25, -0.2) is 14.0 Å². The van der Waals surface area contributed by atoms with Gasteiger partial charge < -0.3 is 24.4 Å². The first kappa shape index (κ1) is 38.6. The van der Waals surface area contributed by atoms with Crippen LogP contribution in [0.15, 0.2) is 42.6 Å². The first-order chi connectivity index (χ1) is 27.2. The highest BCUT2D eigenvalue weighted by molar-refractivity contribution is 6.02. The van der Waals surface area contributed by atoms with Crippen LogP contribution in [-0.2, 0) is 9.47 Å². The number of hydrogen-bond acceptors (Lipinski definition) is 10. The number of nitrogens with one attached hydrogen (secondary N) is 1. The van der Waals surface area contributed by atoms with E-state index < -0.39 is 23.1 Å². The van der Waals surface area contributed by atoms with Crippen LogP contribution in [0.3, 0.4) is 0 Å². The first-order valence-corrected chi connectivity index (χ1v) is 20.2. The Bertz CT molecular complexity index is 2250. The maximum Gasteiger partial charge on any atom is 0.410 e. The molecule has 13 heteroatoms. The fraction of sp³-hybridized carbons (Fsp3) is 0.523. The number of ether oxygens (including phenoxy) is 3. The third-order valence-electron chi connectivity index (χ3n) is 11.4. The molecule has 4 saturated heterocycles. The lowest BCUT2D eigenvalue weighted by molar-refractivity contribution is 0.0122. The van der Waals surface area contributed by atoms with Gasteiger partial charge in [-0.2, -0.15) is 9.97 Å². The van der Waals surface area contributed by atoms with Crippen LogP contribution < -0.4 is 15.0 Å². The highest BCUT2D eigenvalue weighted by Gasteiger charge is 2.46. The molecule has 2 bridgehead atoms. The summed E-state index contributed by atoms with van der Waals surface area (Å²) in [6, 6.07) is 11.4. The average Bonchev–Trinajstić information content (AvgIpc) is 3.81. The van der Waals surface area contributed by atoms with Crippen molar-refractivity contribution in [2.75, 3.05) is 44.2 Å². The normalized spacial score (nSPS) is 20.3. The number of piperazine rings is 1. The van der Waals surface area contributed by atoms with E-state index in [0.717, 1.165) is 62.4 Å². The molecule has 57 heavy (non-hydrogen) atoms. The second kappa shape index (κ2) is 14.9. The van der Waals surface area contributed by atoms with Crippen LogP contribution >= 0.6 is 0 Å². The summed E-state index contributed by atoms with van der Waals surface area (Å²) >= 11 is 0. The molecule has 4 aliphatic heterocycles. The fourth-order valence-corrected chi connectivity index (χ4v) is 9.08. The van der Waals surface area contributed by atoms with Gasteiger partial charge in [-0.05, 0) is 105 Å². The van der Waals surface area contributed by atoms with E-state index in [-0.39, 0.29) is 47.5 Å². The topological polar surface area (TPSA) is 122 Å². The Morgan fingerprint density at radius 1 is 0.947 bits per heavy atom. The van der Waals surface area contributed by atoms with E-state index >= 15 is 4.39 Å². The van der Waals surface area contributed by atoms with Gasteiger partial charge in [-0.3, -0.25) is 14.8 Å². The summed E-state index contributed by atoms with van der Waals surface area (Å²) in [7, 11) is 0. The molecular weight excluding hydrogens is 726 g/mol. The molecular formula is C44H52FN7O5. The van der Waals surface area contributed by atoms with Gasteiger partial charge in [-0.1, -0.05) is 42.2 Å². The van der Waals surface area contributed by atoms with Gasteiger partial charge in [0, 0.05) is 35.8 Å². The van der Waals surface area contributed by atoms with Crippen molar-refractivity contribution in [2.24, 2.45) is 0 Å². The minimum absolute atomic E-state index is 0.0542. The Morgan fingerprint density at radius 2 is 1.63 bits per heavy atom. The van der Waals surface area contributed by atoms with Crippen LogP contribution in [0.1, 0.15) is 85.6 Å². The SMILES string of the molecule is CC(C)(C)OC(=O)NCC#Cc1cccc2cccc(-c3ncc4c(N5C[C@H]6CC[C@@H](C5)N6C(=O)OC(C)(C)C)nc(OCC56CCCN5CCC6)nc4c3F)c12. The summed E-state index contributed by atoms with van der Waals surface area (Å²) < 4.78 is 34.9. The summed E-state index contributed by atoms with van der Waals surface area (Å²) in [6.07, 6.45) is 6.82. The second-order valence-corrected chi connectivity index (χ2v) is 17.8. The number of aromatic nitrogens is 3. The molecule has 2 aromatic carbocycles. The van der Waals surface area contributed by atoms with Gasteiger partial charge in [0.15, 0.2) is 5.82 Å². The van der Waals surface area contributed by atoms with Gasteiger partial charge >= 0.3 is 18.2 Å². The molecule has 2 atom stereocenters. The molecule has 6 heterocycles. The van der Waals surface area contributed by atoms with Gasteiger partial charge in [0.1, 0.15) is 34.8 Å². The number of benzene rings is 2. The first-order valence-electron chi connectivity index (χ1n) is 20.2. The van der Waals surface area contributed by atoms with E-state index in [1.807, 2.05) is 62.1 Å². The number of rotatable bonds is 6. The van der Waals surface area contributed by atoms with Crippen LogP contribution in [-0.4, -0.2) is 105 Å². The quantitative estimate of drug-likeness (QED) is 0.198. The Hall–Kier alpha value is -5.22. The third-order valence-corrected chi connectivity index (χ3v) is 11.4. The lowest BCUT2D eigenvalue weighted by Gasteiger charge is -2.42. The van der Waals surface area contributed by atoms with E-state index in [1.165, 1.54) is 0 Å². The standard InChI is InChI=1S/C44H52FN7O5/c1-42(2,3)56-40(53)46-21-9-15-29-13-7-12-28-14-8-16-32(34(28)29)36-35(45)37-33(24-47-36)38(49-39(48-37)55-27-44-19-10-22-51(44)23-11-20-44)50-25-30-17-18-31(26-50)52(30)41(54)57-43(4,5)6/h7-8,12-14,16,24,30-31H,10-11,17-23,25-27H2,1-6H3,(H,46,53)/t30-,31+. The number of alkyl carbamates (subject to hydrolysis) is 1. The zero-order valence-electron chi connectivity index (χ0n) is 33.8. The highest BCUT2D eigenvalue weighted by atomic mass is 19.1. The largest absolute Gasteiger partial charge is 0.461 e. The van der Waals surface area contributed by atoms with E-state index in [2.05, 4.69) is 27.0 Å². The predicted molar refractivity (Wildman–Crippen MR) is 217 cm³/mol. The van der Waals surface area contributed by atoms with Crippen molar-refractivity contribution in [1.82, 2.24) is 30.1 Å². The average molecular weight is 778 g/mol. The Balaban J connectivity index is 1.16. The van der Waals surface area contributed by atoms with Crippen molar-refractivity contribution in [2.45, 2.75) is 109 Å². The highest BCUT2D eigenvalue weighted by Crippen LogP contribution is 2.41. The van der Waals surface area contributed by atoms with E-state index in [4.69, 9.17) is 29.2 Å². The monoisotopic (exact) mass is 777 g/mol. The fourth-order valence-electron chi connectivity index (χ4n) is 9.08. The van der Waals surface area contributed by atoms with Crippen molar-refractivity contribution in [1.29, 1.82) is 0 Å². The lowest BCUT2D eigenvalue weighted by atomic mass is 9.95. The Labute approximate surface area is 333 Å². The maximum atomic E-state index is 17.3. The van der Waals surface area contributed by atoms with Crippen LogP contribution in [0, 0.1) is 17.7 Å². The van der Waals surface area contributed by atoms with Gasteiger partial charge in [0.2, 0.25) is 0 Å². The molecule has 300 valence electrons. The number of amides is 2. The molecule has 8 rings (SSSR count). The molecule has 0 aliphatic carbocycles. The zero-order chi connectivity index (χ0) is 40.1. The smallest absolute Gasteiger partial charge is 0.410 e. The number of nitrogens with zero attached hydrogens (tertiary/aromatic N) is 6. The molecule has 12 nitrogen and oxygen atoms in total. The van der Waals surface area contributed by atoms with Crippen molar-refractivity contribution in [3.8, 4) is 29.1 Å². The molecule has 1 N–H and O–H groups in total. The van der Waals surface area contributed by atoms with E-state index in [9.17, 15) is 9.59 Å². The van der Waals surface area contributed by atoms with Gasteiger partial charge in [-0.15, -0.1) is 0 Å². The molecule has 0 saturated carbocycles. The van der Waals surface area contributed by atoms with E-state index in [0.29, 0.717) is 42.0 Å². The van der Waals surface area contributed by atoms with Gasteiger partial charge in [0.05, 0.1) is 29.6 Å². The number of fused-ring (bicyclic) bond motifs is 5. The molecule has 0 unspecified atom stereocenters. The number of carbonyl (C=O) groups excluding carboxylic acids is 2. The minimum Gasteiger partial charge on any atom is -0.461 e. The summed E-state index contributed by atoms with van der Waals surface area (Å²) in [4.78, 5) is 46.5. The van der Waals surface area contributed by atoms with Gasteiger partial charge in [0.25, 0.3) is 0 Å². The maximum absolute atomic E-state index is 17.3. The van der Waals surface area contributed by atoms with Crippen molar-refractivity contribution in [3.63, 3.8) is 0 Å². The molecule has 2 amide bonds. The van der Waals surface area contributed by atoms with Crippen molar-refractivity contribution in [3.05, 3.63) is 54.0 Å². The summed E-state index contributed by atoms with van der Waals surface area (Å²) in [5.41, 5.74) is 0.205. The summed E-state index contributed by atoms with van der Waals surface area (Å²) in [5, 5.41) is 4.75. The number of halogens is 1. The minimum atomic E-state index is -0.624. The van der Waals surface area contributed by atoms with Crippen LogP contribution in [0.4, 0.5) is 19.8 Å². The Morgan fingerprint density at radius 3 is 2.32 bits per heavy atom. The molecule has 4 fully saturated rings. The Kier molecular flexibility index (Phi) is 10.1. The van der Waals surface area contributed by atoms with E-state index in [1.54, 1.807) is 27.0 Å². The summed E-state index contributed by atoms with van der Waals surface area (Å²) in [6.45, 7) is 14.7. The number of carbonyl (C=O) groups is 2. The predicted octanol–water partition coefficient (Wildman–Crippen LogP) is 7.46. The van der Waals surface area contributed by atoms with Crippen LogP contribution in [0.25, 0.3) is 32.9 Å². The molecule has 4 aliphatic rings. The molecule has 0 spiro atoms. The summed E-state index contributed by atoms with van der Waals surface area (Å²) in [5.74, 6) is 6.15. The lowest BCUT2D eigenvalue weighted by Crippen LogP contribution is -2.57. The van der Waals surface area contributed by atoms with Crippen LogP contribution in [0.2, 0.25) is 0 Å². The molecule has 0 radical (unpaired) electrons. The molecule has 4 aromatic rings. The zero-order valence-corrected chi connectivity index (χ0v) is 33.8. The number of anilines is 1. The van der Waals surface area contributed by atoms with Crippen LogP contribution in [0.5, 0.6) is 6.01 Å². The molecule has 2 aromatic heterocycles. The third kappa shape index (κ3) is 7.89.